The maximum absolute atomic E-state index is 12.3. The molecule has 0 bridgehead atoms. The molecule has 1 aromatic rings. The van der Waals surface area contributed by atoms with E-state index in [2.05, 4.69) is 0 Å². The summed E-state index contributed by atoms with van der Waals surface area (Å²) in [6.45, 7) is 6.76. The number of thioether (sulfide) groups is 1. The molecule has 1 atom stereocenters. The molecule has 0 aromatic heterocycles. The number of carbonyl (C=O) groups excluding carboxylic acids is 1. The van der Waals surface area contributed by atoms with Gasteiger partial charge in [-0.1, -0.05) is 12.1 Å². The van der Waals surface area contributed by atoms with Crippen LogP contribution in [0, 0.1) is 0 Å². The number of aliphatic carboxylic acids is 1. The van der Waals surface area contributed by atoms with Crippen molar-refractivity contribution in [1.29, 1.82) is 0 Å². The largest absolute Gasteiger partial charge is 0.480 e. The van der Waals surface area contributed by atoms with E-state index in [-0.39, 0.29) is 5.91 Å². The van der Waals surface area contributed by atoms with Crippen molar-refractivity contribution in [3.8, 4) is 0 Å². The van der Waals surface area contributed by atoms with Crippen molar-refractivity contribution in [3.63, 3.8) is 0 Å². The molecule has 4 nitrogen and oxygen atoms in total. The molecule has 1 N–H and O–H groups in total. The molecular weight excluding hydrogens is 262 g/mol. The molecule has 1 amide bonds. The van der Waals surface area contributed by atoms with Gasteiger partial charge in [0.25, 0.3) is 5.91 Å². The van der Waals surface area contributed by atoms with Crippen molar-refractivity contribution < 1.29 is 14.7 Å². The summed E-state index contributed by atoms with van der Waals surface area (Å²) >= 11 is 1.20. The summed E-state index contributed by atoms with van der Waals surface area (Å²) in [6, 6.07) is 7.15. The van der Waals surface area contributed by atoms with Gasteiger partial charge in [0.05, 0.1) is 5.56 Å². The number of carbonyl (C=O) groups is 2. The fourth-order valence-electron chi connectivity index (χ4n) is 1.67. The normalized spacial score (nSPS) is 11.9. The zero-order valence-electron chi connectivity index (χ0n) is 11.4. The molecule has 5 heteroatoms. The van der Waals surface area contributed by atoms with Crippen molar-refractivity contribution in [2.45, 2.75) is 30.9 Å². The highest BCUT2D eigenvalue weighted by Crippen LogP contribution is 2.27. The van der Waals surface area contributed by atoms with Gasteiger partial charge in [-0.3, -0.25) is 9.59 Å². The van der Waals surface area contributed by atoms with Crippen LogP contribution in [0.4, 0.5) is 0 Å². The average Bonchev–Trinajstić information content (AvgIpc) is 2.40. The number of carboxylic acid groups (broad SMARTS) is 1. The van der Waals surface area contributed by atoms with E-state index in [4.69, 9.17) is 5.11 Å². The highest BCUT2D eigenvalue weighted by atomic mass is 32.2. The molecule has 1 unspecified atom stereocenters. The lowest BCUT2D eigenvalue weighted by Crippen LogP contribution is -2.31. The average molecular weight is 281 g/mol. The van der Waals surface area contributed by atoms with Gasteiger partial charge in [-0.05, 0) is 32.9 Å². The zero-order chi connectivity index (χ0) is 14.4. The third-order valence-corrected chi connectivity index (χ3v) is 3.98. The van der Waals surface area contributed by atoms with Gasteiger partial charge >= 0.3 is 5.97 Å². The number of carboxylic acids is 1. The van der Waals surface area contributed by atoms with Crippen LogP contribution in [0.3, 0.4) is 0 Å². The van der Waals surface area contributed by atoms with Crippen LogP contribution in [-0.2, 0) is 4.79 Å². The molecule has 0 aliphatic heterocycles. The first-order chi connectivity index (χ1) is 9.01. The van der Waals surface area contributed by atoms with Crippen LogP contribution in [-0.4, -0.2) is 40.2 Å². The Morgan fingerprint density at radius 1 is 1.26 bits per heavy atom. The zero-order valence-corrected chi connectivity index (χ0v) is 12.2. The van der Waals surface area contributed by atoms with Gasteiger partial charge in [-0.15, -0.1) is 11.8 Å². The predicted molar refractivity (Wildman–Crippen MR) is 76.6 cm³/mol. The summed E-state index contributed by atoms with van der Waals surface area (Å²) in [7, 11) is 0. The Kier molecular flexibility index (Phi) is 5.89. The lowest BCUT2D eigenvalue weighted by molar-refractivity contribution is -0.136. The van der Waals surface area contributed by atoms with Crippen molar-refractivity contribution in [2.75, 3.05) is 13.1 Å². The Morgan fingerprint density at radius 3 is 2.37 bits per heavy atom. The van der Waals surface area contributed by atoms with Crippen LogP contribution in [0.15, 0.2) is 29.2 Å². The Morgan fingerprint density at radius 2 is 1.84 bits per heavy atom. The van der Waals surface area contributed by atoms with Gasteiger partial charge in [0.1, 0.15) is 5.25 Å². The van der Waals surface area contributed by atoms with E-state index in [1.807, 2.05) is 19.9 Å². The smallest absolute Gasteiger partial charge is 0.316 e. The van der Waals surface area contributed by atoms with Crippen molar-refractivity contribution in [2.24, 2.45) is 0 Å². The summed E-state index contributed by atoms with van der Waals surface area (Å²) < 4.78 is 0. The molecule has 19 heavy (non-hydrogen) atoms. The Bertz CT molecular complexity index is 458. The van der Waals surface area contributed by atoms with Crippen LogP contribution < -0.4 is 0 Å². The SMILES string of the molecule is CCN(CC)C(=O)c1ccccc1SC(C)C(=O)O. The quantitative estimate of drug-likeness (QED) is 0.815. The second kappa shape index (κ2) is 7.19. The molecule has 0 aliphatic rings. The molecule has 104 valence electrons. The lowest BCUT2D eigenvalue weighted by Gasteiger charge is -2.20. The number of hydrogen-bond donors (Lipinski definition) is 1. The third-order valence-electron chi connectivity index (χ3n) is 2.82. The molecule has 0 saturated heterocycles. The molecule has 0 aliphatic carbocycles. The number of nitrogens with zero attached hydrogens (tertiary/aromatic N) is 1. The minimum atomic E-state index is -0.880. The van der Waals surface area contributed by atoms with Gasteiger partial charge < -0.3 is 10.0 Å². The molecule has 0 heterocycles. The van der Waals surface area contributed by atoms with Crippen molar-refractivity contribution >= 4 is 23.6 Å². The second-order valence-electron chi connectivity index (χ2n) is 4.07. The minimum Gasteiger partial charge on any atom is -0.480 e. The first kappa shape index (κ1) is 15.6. The van der Waals surface area contributed by atoms with Crippen LogP contribution in [0.25, 0.3) is 0 Å². The number of hydrogen-bond acceptors (Lipinski definition) is 3. The maximum atomic E-state index is 12.3. The molecule has 0 spiro atoms. The molecule has 1 aromatic carbocycles. The topological polar surface area (TPSA) is 57.6 Å². The predicted octanol–water partition coefficient (Wildman–Crippen LogP) is 2.73. The lowest BCUT2D eigenvalue weighted by atomic mass is 10.2. The summed E-state index contributed by atoms with van der Waals surface area (Å²) in [4.78, 5) is 25.7. The van der Waals surface area contributed by atoms with E-state index in [0.29, 0.717) is 23.5 Å². The highest BCUT2D eigenvalue weighted by Gasteiger charge is 2.20. The first-order valence-corrected chi connectivity index (χ1v) is 7.16. The third kappa shape index (κ3) is 3.99. The van der Waals surface area contributed by atoms with Crippen LogP contribution in [0.2, 0.25) is 0 Å². The van der Waals surface area contributed by atoms with Crippen LogP contribution in [0.5, 0.6) is 0 Å². The Hall–Kier alpha value is -1.49. The highest BCUT2D eigenvalue weighted by molar-refractivity contribution is 8.00. The molecule has 0 fully saturated rings. The summed E-state index contributed by atoms with van der Waals surface area (Å²) in [6.07, 6.45) is 0. The van der Waals surface area contributed by atoms with Crippen molar-refractivity contribution in [3.05, 3.63) is 29.8 Å². The Balaban J connectivity index is 3.01. The fourth-order valence-corrected chi connectivity index (χ4v) is 2.59. The van der Waals surface area contributed by atoms with Gasteiger partial charge in [0, 0.05) is 18.0 Å². The summed E-state index contributed by atoms with van der Waals surface area (Å²) in [5, 5.41) is 8.38. The van der Waals surface area contributed by atoms with Crippen LogP contribution >= 0.6 is 11.8 Å². The molecular formula is C14H19NO3S. The minimum absolute atomic E-state index is 0.0503. The van der Waals surface area contributed by atoms with E-state index in [9.17, 15) is 9.59 Å². The van der Waals surface area contributed by atoms with E-state index < -0.39 is 11.2 Å². The van der Waals surface area contributed by atoms with E-state index >= 15 is 0 Å². The first-order valence-electron chi connectivity index (χ1n) is 6.29. The molecule has 1 rings (SSSR count). The van der Waals surface area contributed by atoms with Gasteiger partial charge in [-0.25, -0.2) is 0 Å². The summed E-state index contributed by atoms with van der Waals surface area (Å²) in [5.41, 5.74) is 0.573. The number of benzene rings is 1. The van der Waals surface area contributed by atoms with Gasteiger partial charge in [0.15, 0.2) is 0 Å². The molecule has 0 radical (unpaired) electrons. The van der Waals surface area contributed by atoms with E-state index in [0.717, 1.165) is 0 Å². The Labute approximate surface area is 117 Å². The number of rotatable bonds is 6. The van der Waals surface area contributed by atoms with Crippen molar-refractivity contribution in [1.82, 2.24) is 4.90 Å². The van der Waals surface area contributed by atoms with Crippen LogP contribution in [0.1, 0.15) is 31.1 Å². The van der Waals surface area contributed by atoms with E-state index in [1.54, 1.807) is 30.0 Å². The van der Waals surface area contributed by atoms with Gasteiger partial charge in [-0.2, -0.15) is 0 Å². The second-order valence-corrected chi connectivity index (χ2v) is 5.45. The summed E-state index contributed by atoms with van der Waals surface area (Å²) in [5.74, 6) is -0.930. The fraction of sp³-hybridized carbons (Fsp3) is 0.429. The number of amides is 1. The molecule has 0 saturated carbocycles. The van der Waals surface area contributed by atoms with E-state index in [1.165, 1.54) is 11.8 Å². The monoisotopic (exact) mass is 281 g/mol. The van der Waals surface area contributed by atoms with Gasteiger partial charge in [0.2, 0.25) is 0 Å². The standard InChI is InChI=1S/C14H19NO3S/c1-4-15(5-2)13(16)11-8-6-7-9-12(11)19-10(3)14(17)18/h6-10H,4-5H2,1-3H3,(H,17,18). The maximum Gasteiger partial charge on any atom is 0.316 e.